The smallest absolute Gasteiger partial charge is 0.269 e. The number of hydrogen-bond donors (Lipinski definition) is 1. The highest BCUT2D eigenvalue weighted by Gasteiger charge is 2.40. The molecule has 1 aromatic carbocycles. The lowest BCUT2D eigenvalue weighted by molar-refractivity contribution is -0.0411. The molecule has 1 unspecified atom stereocenters. The Labute approximate surface area is 183 Å². The first-order valence-corrected chi connectivity index (χ1v) is 10.6. The van der Waals surface area contributed by atoms with Gasteiger partial charge in [-0.1, -0.05) is 44.2 Å². The molecule has 29 heavy (non-hydrogen) atoms. The fourth-order valence-electron chi connectivity index (χ4n) is 3.84. The number of nitrogens with two attached hydrogens (primary N) is 1. The van der Waals surface area contributed by atoms with Crippen molar-refractivity contribution in [3.8, 4) is 5.82 Å². The number of carbonyl (C=O) groups is 1. The highest BCUT2D eigenvalue weighted by molar-refractivity contribution is 14.1. The molecule has 1 amide bonds. The summed E-state index contributed by atoms with van der Waals surface area (Å²) in [4.78, 5) is 16.6. The maximum atomic E-state index is 12.1. The summed E-state index contributed by atoms with van der Waals surface area (Å²) in [7, 11) is 0. The molecule has 0 aliphatic heterocycles. The lowest BCUT2D eigenvalue weighted by Crippen LogP contribution is -2.40. The minimum atomic E-state index is -0.521. The van der Waals surface area contributed by atoms with Gasteiger partial charge in [0.2, 0.25) is 0 Å². The van der Waals surface area contributed by atoms with E-state index in [1.54, 1.807) is 10.9 Å². The SMILES string of the molecule is CC1(C)Cc2c(c(C(N)=O)nn2-c2cc(I)ccn2)CC1OCc1ccccc1. The standard InChI is InChI=1S/C22H23IN4O2/c1-22(2)12-17-16(11-18(22)29-13-14-6-4-3-5-7-14)20(21(24)28)26-27(17)19-10-15(23)8-9-25-19/h3-10,18H,11-13H2,1-2H3,(H2,24,28). The van der Waals surface area contributed by atoms with Crippen LogP contribution in [0.3, 0.4) is 0 Å². The fraction of sp³-hybridized carbons (Fsp3) is 0.318. The number of pyridine rings is 1. The predicted molar refractivity (Wildman–Crippen MR) is 119 cm³/mol. The highest BCUT2D eigenvalue weighted by Crippen LogP contribution is 2.39. The number of aromatic nitrogens is 3. The lowest BCUT2D eigenvalue weighted by atomic mass is 9.73. The van der Waals surface area contributed by atoms with Crippen molar-refractivity contribution >= 4 is 28.5 Å². The summed E-state index contributed by atoms with van der Waals surface area (Å²) < 4.78 is 9.13. The van der Waals surface area contributed by atoms with Crippen LogP contribution in [0.1, 0.15) is 41.2 Å². The summed E-state index contributed by atoms with van der Waals surface area (Å²) >= 11 is 2.24. The monoisotopic (exact) mass is 502 g/mol. The van der Waals surface area contributed by atoms with E-state index in [4.69, 9.17) is 10.5 Å². The van der Waals surface area contributed by atoms with Gasteiger partial charge in [0.15, 0.2) is 11.5 Å². The zero-order chi connectivity index (χ0) is 20.6. The van der Waals surface area contributed by atoms with Crippen molar-refractivity contribution < 1.29 is 9.53 Å². The number of carbonyl (C=O) groups excluding carboxylic acids is 1. The number of nitrogens with zero attached hydrogens (tertiary/aromatic N) is 3. The van der Waals surface area contributed by atoms with Crippen molar-refractivity contribution in [2.45, 2.75) is 39.4 Å². The summed E-state index contributed by atoms with van der Waals surface area (Å²) in [5.41, 5.74) is 8.82. The first-order valence-electron chi connectivity index (χ1n) is 9.53. The Kier molecular flexibility index (Phi) is 5.44. The number of benzene rings is 1. The first kappa shape index (κ1) is 20.0. The topological polar surface area (TPSA) is 83.0 Å². The number of primary amides is 1. The molecule has 1 atom stereocenters. The van der Waals surface area contributed by atoms with Crippen LogP contribution in [0, 0.1) is 8.99 Å². The van der Waals surface area contributed by atoms with E-state index in [0.29, 0.717) is 24.5 Å². The van der Waals surface area contributed by atoms with Crippen LogP contribution in [0.5, 0.6) is 0 Å². The van der Waals surface area contributed by atoms with Gasteiger partial charge in [-0.3, -0.25) is 4.79 Å². The lowest BCUT2D eigenvalue weighted by Gasteiger charge is -2.38. The fourth-order valence-corrected chi connectivity index (χ4v) is 4.28. The van der Waals surface area contributed by atoms with Crippen LogP contribution in [0.25, 0.3) is 5.82 Å². The molecule has 1 aliphatic carbocycles. The van der Waals surface area contributed by atoms with Crippen molar-refractivity contribution in [2.24, 2.45) is 11.1 Å². The van der Waals surface area contributed by atoms with Crippen LogP contribution in [0.2, 0.25) is 0 Å². The number of halogens is 1. The van der Waals surface area contributed by atoms with Gasteiger partial charge in [-0.15, -0.1) is 0 Å². The number of hydrogen-bond acceptors (Lipinski definition) is 4. The van der Waals surface area contributed by atoms with Gasteiger partial charge >= 0.3 is 0 Å². The van der Waals surface area contributed by atoms with E-state index in [0.717, 1.165) is 26.8 Å². The van der Waals surface area contributed by atoms with Crippen molar-refractivity contribution in [3.05, 3.63) is 74.7 Å². The molecule has 2 aromatic heterocycles. The highest BCUT2D eigenvalue weighted by atomic mass is 127. The third-order valence-corrected chi connectivity index (χ3v) is 6.10. The van der Waals surface area contributed by atoms with E-state index >= 15 is 0 Å². The van der Waals surface area contributed by atoms with Gasteiger partial charge in [-0.2, -0.15) is 5.10 Å². The molecule has 0 bridgehead atoms. The maximum Gasteiger partial charge on any atom is 0.269 e. The Balaban J connectivity index is 1.69. The van der Waals surface area contributed by atoms with E-state index < -0.39 is 5.91 Å². The Hall–Kier alpha value is -2.26. The molecule has 1 aliphatic rings. The second-order valence-electron chi connectivity index (χ2n) is 8.04. The molecular weight excluding hydrogens is 479 g/mol. The van der Waals surface area contributed by atoms with Gasteiger partial charge in [-0.25, -0.2) is 9.67 Å². The van der Waals surface area contributed by atoms with Crippen LogP contribution < -0.4 is 5.73 Å². The Morgan fingerprint density at radius 1 is 1.31 bits per heavy atom. The van der Waals surface area contributed by atoms with E-state index in [-0.39, 0.29) is 11.5 Å². The molecule has 0 fully saturated rings. The third kappa shape index (κ3) is 4.06. The molecule has 4 rings (SSSR count). The van der Waals surface area contributed by atoms with Gasteiger partial charge < -0.3 is 10.5 Å². The molecule has 2 heterocycles. The van der Waals surface area contributed by atoms with Crippen molar-refractivity contribution in [2.75, 3.05) is 0 Å². The number of amides is 1. The molecule has 0 saturated carbocycles. The summed E-state index contributed by atoms with van der Waals surface area (Å²) in [6, 6.07) is 14.0. The Morgan fingerprint density at radius 3 is 2.76 bits per heavy atom. The zero-order valence-corrected chi connectivity index (χ0v) is 18.6. The second kappa shape index (κ2) is 7.87. The molecule has 150 valence electrons. The minimum absolute atomic E-state index is 0.0465. The minimum Gasteiger partial charge on any atom is -0.373 e. The van der Waals surface area contributed by atoms with E-state index in [2.05, 4.69) is 58.7 Å². The predicted octanol–water partition coefficient (Wildman–Crippen LogP) is 3.68. The molecular formula is C22H23IN4O2. The summed E-state index contributed by atoms with van der Waals surface area (Å²) in [6.45, 7) is 4.91. The normalized spacial score (nSPS) is 17.7. The maximum absolute atomic E-state index is 12.1. The molecule has 7 heteroatoms. The van der Waals surface area contributed by atoms with Crippen molar-refractivity contribution in [3.63, 3.8) is 0 Å². The van der Waals surface area contributed by atoms with Crippen LogP contribution in [-0.4, -0.2) is 26.8 Å². The summed E-state index contributed by atoms with van der Waals surface area (Å²) in [5, 5.41) is 4.54. The first-order chi connectivity index (χ1) is 13.8. The van der Waals surface area contributed by atoms with E-state index in [1.165, 1.54) is 0 Å². The molecule has 0 saturated heterocycles. The van der Waals surface area contributed by atoms with Crippen molar-refractivity contribution in [1.82, 2.24) is 14.8 Å². The largest absolute Gasteiger partial charge is 0.373 e. The molecule has 0 radical (unpaired) electrons. The zero-order valence-electron chi connectivity index (χ0n) is 16.4. The quantitative estimate of drug-likeness (QED) is 0.540. The van der Waals surface area contributed by atoms with Gasteiger partial charge in [-0.05, 0) is 52.1 Å². The van der Waals surface area contributed by atoms with Gasteiger partial charge in [0.05, 0.1) is 18.4 Å². The average Bonchev–Trinajstić information content (AvgIpc) is 3.04. The number of rotatable bonds is 5. The molecule has 6 nitrogen and oxygen atoms in total. The van der Waals surface area contributed by atoms with Crippen LogP contribution in [0.4, 0.5) is 0 Å². The van der Waals surface area contributed by atoms with Crippen molar-refractivity contribution in [1.29, 1.82) is 0 Å². The molecule has 3 aromatic rings. The average molecular weight is 502 g/mol. The Morgan fingerprint density at radius 2 is 2.07 bits per heavy atom. The van der Waals surface area contributed by atoms with Gasteiger partial charge in [0.1, 0.15) is 0 Å². The summed E-state index contributed by atoms with van der Waals surface area (Å²) in [6.07, 6.45) is 3.01. The second-order valence-corrected chi connectivity index (χ2v) is 9.28. The van der Waals surface area contributed by atoms with Crippen LogP contribution >= 0.6 is 22.6 Å². The number of fused-ring (bicyclic) bond motifs is 1. The van der Waals surface area contributed by atoms with E-state index in [9.17, 15) is 4.79 Å². The summed E-state index contributed by atoms with van der Waals surface area (Å²) in [5.74, 6) is 0.173. The number of ether oxygens (including phenoxy) is 1. The van der Waals surface area contributed by atoms with Crippen LogP contribution in [0.15, 0.2) is 48.7 Å². The third-order valence-electron chi connectivity index (χ3n) is 5.43. The van der Waals surface area contributed by atoms with Crippen LogP contribution in [-0.2, 0) is 24.2 Å². The van der Waals surface area contributed by atoms with Gasteiger partial charge in [0, 0.05) is 21.8 Å². The Bertz CT molecular complexity index is 1050. The van der Waals surface area contributed by atoms with E-state index in [1.807, 2.05) is 30.3 Å². The van der Waals surface area contributed by atoms with Gasteiger partial charge in [0.25, 0.3) is 5.91 Å². The molecule has 0 spiro atoms. The molecule has 2 N–H and O–H groups in total.